The molecule has 0 aliphatic carbocycles. The lowest BCUT2D eigenvalue weighted by Crippen LogP contribution is -2.30. The van der Waals surface area contributed by atoms with E-state index in [0.717, 1.165) is 25.9 Å². The fourth-order valence-electron chi connectivity index (χ4n) is 2.82. The summed E-state index contributed by atoms with van der Waals surface area (Å²) in [6.07, 6.45) is 3.30. The molecule has 0 saturated carbocycles. The number of hydrogen-bond acceptors (Lipinski definition) is 2. The van der Waals surface area contributed by atoms with Gasteiger partial charge < -0.3 is 10.2 Å². The SMILES string of the molecule is O=C(Nc1ccc(N2CCCCC2)c(F)c1)c1ccccc1F. The fraction of sp³-hybridized carbons (Fsp3) is 0.278. The van der Waals surface area contributed by atoms with E-state index in [0.29, 0.717) is 11.4 Å². The van der Waals surface area contributed by atoms with E-state index in [9.17, 15) is 13.6 Å². The van der Waals surface area contributed by atoms with Crippen molar-refractivity contribution in [2.75, 3.05) is 23.3 Å². The molecule has 120 valence electrons. The van der Waals surface area contributed by atoms with Crippen molar-refractivity contribution in [1.29, 1.82) is 0 Å². The molecule has 1 heterocycles. The maximum atomic E-state index is 14.3. The summed E-state index contributed by atoms with van der Waals surface area (Å²) in [5.74, 6) is -1.57. The summed E-state index contributed by atoms with van der Waals surface area (Å²) in [5.41, 5.74) is 0.804. The molecule has 3 rings (SSSR count). The van der Waals surface area contributed by atoms with Crippen molar-refractivity contribution in [3.63, 3.8) is 0 Å². The van der Waals surface area contributed by atoms with Crippen molar-refractivity contribution in [2.45, 2.75) is 19.3 Å². The maximum Gasteiger partial charge on any atom is 0.258 e. The normalized spacial score (nSPS) is 14.6. The largest absolute Gasteiger partial charge is 0.369 e. The summed E-state index contributed by atoms with van der Waals surface area (Å²) < 4.78 is 27.9. The summed E-state index contributed by atoms with van der Waals surface area (Å²) in [6.45, 7) is 1.69. The Morgan fingerprint density at radius 3 is 2.39 bits per heavy atom. The zero-order valence-electron chi connectivity index (χ0n) is 12.7. The van der Waals surface area contributed by atoms with Crippen LogP contribution < -0.4 is 10.2 Å². The summed E-state index contributed by atoms with van der Waals surface area (Å²) in [5, 5.41) is 2.53. The monoisotopic (exact) mass is 316 g/mol. The molecule has 1 fully saturated rings. The van der Waals surface area contributed by atoms with Gasteiger partial charge in [0.25, 0.3) is 5.91 Å². The first-order valence-electron chi connectivity index (χ1n) is 7.75. The van der Waals surface area contributed by atoms with Gasteiger partial charge in [-0.25, -0.2) is 8.78 Å². The van der Waals surface area contributed by atoms with Gasteiger partial charge in [-0.05, 0) is 49.6 Å². The Labute approximate surface area is 133 Å². The highest BCUT2D eigenvalue weighted by Crippen LogP contribution is 2.26. The number of piperidine rings is 1. The highest BCUT2D eigenvalue weighted by atomic mass is 19.1. The second kappa shape index (κ2) is 6.77. The van der Waals surface area contributed by atoms with Gasteiger partial charge in [0.1, 0.15) is 11.6 Å². The molecule has 5 heteroatoms. The Morgan fingerprint density at radius 1 is 0.957 bits per heavy atom. The van der Waals surface area contributed by atoms with Gasteiger partial charge >= 0.3 is 0 Å². The third-order valence-corrected chi connectivity index (χ3v) is 4.02. The van der Waals surface area contributed by atoms with Gasteiger partial charge in [-0.15, -0.1) is 0 Å². The lowest BCUT2D eigenvalue weighted by molar-refractivity contribution is 0.102. The molecule has 0 radical (unpaired) electrons. The smallest absolute Gasteiger partial charge is 0.258 e. The molecule has 3 nitrogen and oxygen atoms in total. The second-order valence-corrected chi connectivity index (χ2v) is 5.65. The van der Waals surface area contributed by atoms with Crippen LogP contribution in [-0.2, 0) is 0 Å². The van der Waals surface area contributed by atoms with Gasteiger partial charge in [0.2, 0.25) is 0 Å². The summed E-state index contributed by atoms with van der Waals surface area (Å²) in [7, 11) is 0. The molecule has 1 amide bonds. The molecule has 1 aliphatic rings. The Hall–Kier alpha value is -2.43. The first kappa shape index (κ1) is 15.5. The summed E-state index contributed by atoms with van der Waals surface area (Å²) >= 11 is 0. The second-order valence-electron chi connectivity index (χ2n) is 5.65. The molecule has 1 N–H and O–H groups in total. The summed E-state index contributed by atoms with van der Waals surface area (Å²) in [6, 6.07) is 10.3. The van der Waals surface area contributed by atoms with E-state index in [1.165, 1.54) is 30.7 Å². The Balaban J connectivity index is 1.75. The zero-order valence-corrected chi connectivity index (χ0v) is 12.7. The van der Waals surface area contributed by atoms with Gasteiger partial charge in [-0.1, -0.05) is 12.1 Å². The lowest BCUT2D eigenvalue weighted by Gasteiger charge is -2.29. The number of carbonyl (C=O) groups excluding carboxylic acids is 1. The molecule has 1 saturated heterocycles. The molecule has 2 aromatic carbocycles. The predicted octanol–water partition coefficient (Wildman–Crippen LogP) is 4.21. The van der Waals surface area contributed by atoms with Crippen LogP contribution in [0.4, 0.5) is 20.2 Å². The van der Waals surface area contributed by atoms with Crippen LogP contribution in [-0.4, -0.2) is 19.0 Å². The molecule has 0 spiro atoms. The van der Waals surface area contributed by atoms with E-state index in [-0.39, 0.29) is 11.4 Å². The van der Waals surface area contributed by atoms with Crippen LogP contribution in [0.25, 0.3) is 0 Å². The number of carbonyl (C=O) groups is 1. The topological polar surface area (TPSA) is 32.3 Å². The first-order valence-corrected chi connectivity index (χ1v) is 7.75. The average molecular weight is 316 g/mol. The number of rotatable bonds is 3. The van der Waals surface area contributed by atoms with Crippen LogP contribution in [0.15, 0.2) is 42.5 Å². The highest BCUT2D eigenvalue weighted by molar-refractivity contribution is 6.04. The van der Waals surface area contributed by atoms with E-state index in [4.69, 9.17) is 0 Å². The van der Waals surface area contributed by atoms with Crippen LogP contribution >= 0.6 is 0 Å². The number of anilines is 2. The van der Waals surface area contributed by atoms with Crippen molar-refractivity contribution in [1.82, 2.24) is 0 Å². The van der Waals surface area contributed by atoms with Crippen LogP contribution in [0.3, 0.4) is 0 Å². The predicted molar refractivity (Wildman–Crippen MR) is 86.8 cm³/mol. The van der Waals surface area contributed by atoms with Crippen molar-refractivity contribution in [3.05, 3.63) is 59.7 Å². The molecule has 0 unspecified atom stereocenters. The first-order chi connectivity index (χ1) is 11.1. The molecular formula is C18H18F2N2O. The van der Waals surface area contributed by atoms with Gasteiger partial charge in [0, 0.05) is 18.8 Å². The van der Waals surface area contributed by atoms with Gasteiger partial charge in [0.05, 0.1) is 11.3 Å². The summed E-state index contributed by atoms with van der Waals surface area (Å²) in [4.78, 5) is 14.1. The number of hydrogen-bond donors (Lipinski definition) is 1. The number of halogens is 2. The third kappa shape index (κ3) is 3.50. The van der Waals surface area contributed by atoms with E-state index < -0.39 is 11.7 Å². The molecule has 23 heavy (non-hydrogen) atoms. The minimum atomic E-state index is -0.601. The number of amides is 1. The Kier molecular flexibility index (Phi) is 4.55. The van der Waals surface area contributed by atoms with E-state index in [1.807, 2.05) is 4.90 Å². The molecule has 0 atom stereocenters. The number of nitrogens with one attached hydrogen (secondary N) is 1. The van der Waals surface area contributed by atoms with E-state index in [1.54, 1.807) is 18.2 Å². The van der Waals surface area contributed by atoms with Crippen molar-refractivity contribution in [3.8, 4) is 0 Å². The number of benzene rings is 2. The molecule has 0 bridgehead atoms. The van der Waals surface area contributed by atoms with E-state index in [2.05, 4.69) is 5.32 Å². The Bertz CT molecular complexity index is 712. The molecule has 2 aromatic rings. The fourth-order valence-corrected chi connectivity index (χ4v) is 2.82. The van der Waals surface area contributed by atoms with Crippen LogP contribution in [0, 0.1) is 11.6 Å². The van der Waals surface area contributed by atoms with Crippen molar-refractivity contribution < 1.29 is 13.6 Å². The van der Waals surface area contributed by atoms with Crippen molar-refractivity contribution in [2.24, 2.45) is 0 Å². The average Bonchev–Trinajstić information content (AvgIpc) is 2.56. The van der Waals surface area contributed by atoms with Gasteiger partial charge in [-0.3, -0.25) is 4.79 Å². The third-order valence-electron chi connectivity index (χ3n) is 4.02. The van der Waals surface area contributed by atoms with Crippen LogP contribution in [0.1, 0.15) is 29.6 Å². The van der Waals surface area contributed by atoms with Crippen molar-refractivity contribution >= 4 is 17.3 Å². The molecule has 1 aliphatic heterocycles. The van der Waals surface area contributed by atoms with Gasteiger partial charge in [-0.2, -0.15) is 0 Å². The quantitative estimate of drug-likeness (QED) is 0.920. The highest BCUT2D eigenvalue weighted by Gasteiger charge is 2.16. The van der Waals surface area contributed by atoms with Crippen LogP contribution in [0.2, 0.25) is 0 Å². The molecular weight excluding hydrogens is 298 g/mol. The Morgan fingerprint density at radius 2 is 1.70 bits per heavy atom. The lowest BCUT2D eigenvalue weighted by atomic mass is 10.1. The minimum absolute atomic E-state index is 0.0620. The molecule has 0 aromatic heterocycles. The van der Waals surface area contributed by atoms with E-state index >= 15 is 0 Å². The minimum Gasteiger partial charge on any atom is -0.369 e. The van der Waals surface area contributed by atoms with Crippen LogP contribution in [0.5, 0.6) is 0 Å². The maximum absolute atomic E-state index is 14.3. The van der Waals surface area contributed by atoms with Gasteiger partial charge in [0.15, 0.2) is 0 Å². The standard InChI is InChI=1S/C18H18F2N2O/c19-15-7-3-2-6-14(15)18(23)21-13-8-9-17(16(20)12-13)22-10-4-1-5-11-22/h2-3,6-9,12H,1,4-5,10-11H2,(H,21,23). The number of nitrogens with zero attached hydrogens (tertiary/aromatic N) is 1. The zero-order chi connectivity index (χ0) is 16.2.